The van der Waals surface area contributed by atoms with Crippen molar-refractivity contribution in [1.82, 2.24) is 0 Å². The van der Waals surface area contributed by atoms with Gasteiger partial charge in [0.2, 0.25) is 0 Å². The second-order valence-corrected chi connectivity index (χ2v) is 5.84. The molecular formula is C19H28O2. The highest BCUT2D eigenvalue weighted by Gasteiger charge is 2.04. The van der Waals surface area contributed by atoms with Gasteiger partial charge in [0.05, 0.1) is 7.11 Å². The van der Waals surface area contributed by atoms with E-state index in [1.54, 1.807) is 7.11 Å². The Balaban J connectivity index is 1.69. The van der Waals surface area contributed by atoms with E-state index in [4.69, 9.17) is 9.15 Å². The SMILES string of the molecule is CCCCCCCCCCc1cc2cc(OC)ccc2o1. The minimum absolute atomic E-state index is 0.891. The smallest absolute Gasteiger partial charge is 0.134 e. The van der Waals surface area contributed by atoms with E-state index in [1.165, 1.54) is 51.4 Å². The van der Waals surface area contributed by atoms with E-state index in [1.807, 2.05) is 18.2 Å². The van der Waals surface area contributed by atoms with Gasteiger partial charge in [0, 0.05) is 11.8 Å². The summed E-state index contributed by atoms with van der Waals surface area (Å²) in [4.78, 5) is 0. The summed E-state index contributed by atoms with van der Waals surface area (Å²) in [5, 5.41) is 1.14. The van der Waals surface area contributed by atoms with Crippen molar-refractivity contribution in [3.8, 4) is 5.75 Å². The van der Waals surface area contributed by atoms with Crippen LogP contribution in [0.4, 0.5) is 0 Å². The number of benzene rings is 1. The number of rotatable bonds is 10. The van der Waals surface area contributed by atoms with Crippen LogP contribution in [0.2, 0.25) is 0 Å². The maximum atomic E-state index is 5.87. The van der Waals surface area contributed by atoms with Crippen LogP contribution in [-0.4, -0.2) is 7.11 Å². The number of furan rings is 1. The van der Waals surface area contributed by atoms with Crippen molar-refractivity contribution in [2.75, 3.05) is 7.11 Å². The van der Waals surface area contributed by atoms with E-state index in [2.05, 4.69) is 13.0 Å². The molecule has 0 atom stereocenters. The summed E-state index contributed by atoms with van der Waals surface area (Å²) in [6, 6.07) is 8.13. The van der Waals surface area contributed by atoms with Crippen LogP contribution < -0.4 is 4.74 Å². The zero-order valence-corrected chi connectivity index (χ0v) is 13.5. The second kappa shape index (κ2) is 8.76. The number of ether oxygens (including phenoxy) is 1. The fourth-order valence-corrected chi connectivity index (χ4v) is 2.76. The molecule has 1 heterocycles. The Morgan fingerprint density at radius 2 is 1.62 bits per heavy atom. The van der Waals surface area contributed by atoms with Gasteiger partial charge in [-0.1, -0.05) is 51.9 Å². The number of fused-ring (bicyclic) bond motifs is 1. The molecule has 0 aliphatic heterocycles. The molecule has 1 aromatic heterocycles. The summed E-state index contributed by atoms with van der Waals surface area (Å²) in [5.74, 6) is 1.99. The van der Waals surface area contributed by atoms with E-state index in [0.29, 0.717) is 0 Å². The van der Waals surface area contributed by atoms with Crippen LogP contribution in [0.3, 0.4) is 0 Å². The number of hydrogen-bond acceptors (Lipinski definition) is 2. The van der Waals surface area contributed by atoms with Crippen molar-refractivity contribution < 1.29 is 9.15 Å². The molecule has 0 N–H and O–H groups in total. The maximum absolute atomic E-state index is 5.87. The summed E-state index contributed by atoms with van der Waals surface area (Å²) in [7, 11) is 1.70. The fourth-order valence-electron chi connectivity index (χ4n) is 2.76. The first-order valence-electron chi connectivity index (χ1n) is 8.40. The number of hydrogen-bond donors (Lipinski definition) is 0. The van der Waals surface area contributed by atoms with E-state index >= 15 is 0 Å². The van der Waals surface area contributed by atoms with Gasteiger partial charge in [-0.3, -0.25) is 0 Å². The molecule has 0 fully saturated rings. The summed E-state index contributed by atoms with van der Waals surface area (Å²) >= 11 is 0. The molecule has 0 saturated carbocycles. The quantitative estimate of drug-likeness (QED) is 0.491. The van der Waals surface area contributed by atoms with Crippen molar-refractivity contribution in [3.05, 3.63) is 30.0 Å². The van der Waals surface area contributed by atoms with Crippen molar-refractivity contribution in [3.63, 3.8) is 0 Å². The van der Waals surface area contributed by atoms with Gasteiger partial charge in [-0.2, -0.15) is 0 Å². The first kappa shape index (κ1) is 15.9. The molecule has 0 spiro atoms. The van der Waals surface area contributed by atoms with E-state index in [0.717, 1.165) is 28.9 Å². The van der Waals surface area contributed by atoms with Gasteiger partial charge in [-0.15, -0.1) is 0 Å². The lowest BCUT2D eigenvalue weighted by Crippen LogP contribution is -1.84. The number of methoxy groups -OCH3 is 1. The largest absolute Gasteiger partial charge is 0.497 e. The first-order chi connectivity index (χ1) is 10.3. The van der Waals surface area contributed by atoms with Gasteiger partial charge in [0.25, 0.3) is 0 Å². The lowest BCUT2D eigenvalue weighted by Gasteiger charge is -2.00. The topological polar surface area (TPSA) is 22.4 Å². The summed E-state index contributed by atoms with van der Waals surface area (Å²) in [6.45, 7) is 2.27. The third kappa shape index (κ3) is 5.11. The fraction of sp³-hybridized carbons (Fsp3) is 0.579. The molecule has 0 radical (unpaired) electrons. The first-order valence-corrected chi connectivity index (χ1v) is 8.40. The van der Waals surface area contributed by atoms with Crippen LogP contribution in [0.1, 0.15) is 64.1 Å². The van der Waals surface area contributed by atoms with Gasteiger partial charge >= 0.3 is 0 Å². The highest BCUT2D eigenvalue weighted by atomic mass is 16.5. The Morgan fingerprint density at radius 3 is 2.33 bits per heavy atom. The van der Waals surface area contributed by atoms with Gasteiger partial charge in [-0.05, 0) is 30.7 Å². The predicted molar refractivity (Wildman–Crippen MR) is 89.1 cm³/mol. The number of aryl methyl sites for hydroxylation is 1. The average molecular weight is 288 g/mol. The minimum Gasteiger partial charge on any atom is -0.497 e. The molecule has 0 unspecified atom stereocenters. The van der Waals surface area contributed by atoms with Crippen molar-refractivity contribution >= 4 is 11.0 Å². The van der Waals surface area contributed by atoms with Crippen LogP contribution in [0.15, 0.2) is 28.7 Å². The lowest BCUT2D eigenvalue weighted by molar-refractivity contribution is 0.415. The molecule has 2 nitrogen and oxygen atoms in total. The lowest BCUT2D eigenvalue weighted by atomic mass is 10.1. The zero-order valence-electron chi connectivity index (χ0n) is 13.5. The molecule has 0 aliphatic carbocycles. The van der Waals surface area contributed by atoms with Gasteiger partial charge in [0.1, 0.15) is 17.1 Å². The van der Waals surface area contributed by atoms with Crippen LogP contribution in [0.25, 0.3) is 11.0 Å². The molecule has 1 aromatic carbocycles. The normalized spacial score (nSPS) is 11.1. The van der Waals surface area contributed by atoms with Gasteiger partial charge < -0.3 is 9.15 Å². The van der Waals surface area contributed by atoms with Gasteiger partial charge in [0.15, 0.2) is 0 Å². The molecule has 21 heavy (non-hydrogen) atoms. The second-order valence-electron chi connectivity index (χ2n) is 5.84. The molecule has 2 rings (SSSR count). The maximum Gasteiger partial charge on any atom is 0.134 e. The standard InChI is InChI=1S/C19H28O2/c1-3-4-5-6-7-8-9-10-11-18-15-16-14-17(20-2)12-13-19(16)21-18/h12-15H,3-11H2,1-2H3. The molecule has 2 aromatic rings. The van der Waals surface area contributed by atoms with Crippen molar-refractivity contribution in [2.24, 2.45) is 0 Å². The average Bonchev–Trinajstić information content (AvgIpc) is 2.91. The minimum atomic E-state index is 0.891. The molecule has 0 bridgehead atoms. The Bertz CT molecular complexity index is 527. The summed E-state index contributed by atoms with van der Waals surface area (Å²) in [5.41, 5.74) is 0.963. The van der Waals surface area contributed by atoms with E-state index < -0.39 is 0 Å². The Labute approximate surface area is 128 Å². The predicted octanol–water partition coefficient (Wildman–Crippen LogP) is 6.12. The van der Waals surface area contributed by atoms with Crippen LogP contribution in [-0.2, 0) is 6.42 Å². The third-order valence-electron chi connectivity index (χ3n) is 4.05. The van der Waals surface area contributed by atoms with Crippen LogP contribution in [0, 0.1) is 0 Å². The van der Waals surface area contributed by atoms with Crippen LogP contribution >= 0.6 is 0 Å². The highest BCUT2D eigenvalue weighted by Crippen LogP contribution is 2.25. The third-order valence-corrected chi connectivity index (χ3v) is 4.05. The van der Waals surface area contributed by atoms with E-state index in [9.17, 15) is 0 Å². The van der Waals surface area contributed by atoms with Gasteiger partial charge in [-0.25, -0.2) is 0 Å². The number of unbranched alkanes of at least 4 members (excludes halogenated alkanes) is 7. The zero-order chi connectivity index (χ0) is 14.9. The molecule has 2 heteroatoms. The van der Waals surface area contributed by atoms with E-state index in [-0.39, 0.29) is 0 Å². The summed E-state index contributed by atoms with van der Waals surface area (Å²) in [6.07, 6.45) is 11.9. The molecule has 0 aliphatic rings. The summed E-state index contributed by atoms with van der Waals surface area (Å²) < 4.78 is 11.1. The monoisotopic (exact) mass is 288 g/mol. The molecular weight excluding hydrogens is 260 g/mol. The highest BCUT2D eigenvalue weighted by molar-refractivity contribution is 5.79. The molecule has 0 amide bonds. The Hall–Kier alpha value is -1.44. The molecule has 116 valence electrons. The Kier molecular flexibility index (Phi) is 6.65. The molecule has 0 saturated heterocycles. The van der Waals surface area contributed by atoms with Crippen molar-refractivity contribution in [2.45, 2.75) is 64.7 Å². The van der Waals surface area contributed by atoms with Crippen molar-refractivity contribution in [1.29, 1.82) is 0 Å². The Morgan fingerprint density at radius 1 is 0.905 bits per heavy atom. The van der Waals surface area contributed by atoms with Crippen LogP contribution in [0.5, 0.6) is 5.75 Å².